The van der Waals surface area contributed by atoms with Crippen molar-refractivity contribution in [3.8, 4) is 0 Å². The molecule has 0 N–H and O–H groups in total. The quantitative estimate of drug-likeness (QED) is 0.669. The van der Waals surface area contributed by atoms with Crippen LogP contribution in [-0.4, -0.2) is 48.0 Å². The minimum atomic E-state index is -0.270. The molecule has 142 valence electrons. The molecule has 1 fully saturated rings. The van der Waals surface area contributed by atoms with Crippen molar-refractivity contribution >= 4 is 10.8 Å². The first-order valence-electron chi connectivity index (χ1n) is 9.20. The topological polar surface area (TPSA) is 58.4 Å². The van der Waals surface area contributed by atoms with Crippen molar-refractivity contribution in [2.45, 2.75) is 25.5 Å². The number of nitrogens with zero attached hydrogens (tertiary/aromatic N) is 3. The van der Waals surface area contributed by atoms with Crippen LogP contribution in [0.15, 0.2) is 55.1 Å². The molecule has 0 bridgehead atoms. The van der Waals surface area contributed by atoms with Gasteiger partial charge in [-0.15, -0.1) is 0 Å². The number of ether oxygens (including phenoxy) is 3. The molecule has 0 radical (unpaired) electrons. The number of aromatic nitrogens is 3. The molecule has 1 saturated heterocycles. The van der Waals surface area contributed by atoms with Crippen LogP contribution >= 0.6 is 0 Å². The third kappa shape index (κ3) is 3.60. The van der Waals surface area contributed by atoms with Gasteiger partial charge in [0.05, 0.1) is 25.4 Å². The maximum absolute atomic E-state index is 6.01. The van der Waals surface area contributed by atoms with Gasteiger partial charge in [0.2, 0.25) is 0 Å². The minimum Gasteiger partial charge on any atom is -0.378 e. The average Bonchev–Trinajstić information content (AvgIpc) is 3.23. The summed E-state index contributed by atoms with van der Waals surface area (Å²) in [5, 5.41) is 6.92. The molecule has 0 aliphatic carbocycles. The lowest BCUT2D eigenvalue weighted by molar-refractivity contribution is -0.201. The molecule has 2 aromatic carbocycles. The van der Waals surface area contributed by atoms with Crippen LogP contribution < -0.4 is 0 Å². The summed E-state index contributed by atoms with van der Waals surface area (Å²) in [5.41, 5.74) is 0.991. The highest BCUT2D eigenvalue weighted by Gasteiger charge is 2.43. The van der Waals surface area contributed by atoms with E-state index in [0.717, 1.165) is 6.42 Å². The highest BCUT2D eigenvalue weighted by Crippen LogP contribution is 2.36. The predicted octanol–water partition coefficient (Wildman–Crippen LogP) is 3.24. The summed E-state index contributed by atoms with van der Waals surface area (Å²) in [4.78, 5) is 4.17. The first kappa shape index (κ1) is 18.1. The number of rotatable bonds is 6. The molecule has 1 aromatic heterocycles. The van der Waals surface area contributed by atoms with Crippen LogP contribution in [0.2, 0.25) is 0 Å². The minimum absolute atomic E-state index is 0.0291. The van der Waals surface area contributed by atoms with Gasteiger partial charge in [0.15, 0.2) is 0 Å². The summed E-state index contributed by atoms with van der Waals surface area (Å²) >= 11 is 0. The van der Waals surface area contributed by atoms with E-state index in [1.807, 2.05) is 4.68 Å². The van der Waals surface area contributed by atoms with E-state index in [2.05, 4.69) is 59.5 Å². The number of hydrogen-bond acceptors (Lipinski definition) is 5. The van der Waals surface area contributed by atoms with Gasteiger partial charge < -0.3 is 14.2 Å². The fourth-order valence-electron chi connectivity index (χ4n) is 4.14. The fraction of sp³-hybridized carbons (Fsp3) is 0.429. The van der Waals surface area contributed by atoms with Crippen molar-refractivity contribution in [2.75, 3.05) is 27.1 Å². The van der Waals surface area contributed by atoms with E-state index in [4.69, 9.17) is 14.2 Å². The maximum atomic E-state index is 6.01. The van der Waals surface area contributed by atoms with Crippen LogP contribution in [0.25, 0.3) is 10.8 Å². The molecule has 3 aromatic rings. The van der Waals surface area contributed by atoms with Crippen LogP contribution in [0.5, 0.6) is 0 Å². The van der Waals surface area contributed by atoms with E-state index in [1.165, 1.54) is 16.3 Å². The lowest BCUT2D eigenvalue weighted by Crippen LogP contribution is -2.49. The van der Waals surface area contributed by atoms with Crippen LogP contribution in [0.4, 0.5) is 0 Å². The highest BCUT2D eigenvalue weighted by molar-refractivity contribution is 5.85. The largest absolute Gasteiger partial charge is 0.378 e. The Labute approximate surface area is 159 Å². The summed E-state index contributed by atoms with van der Waals surface area (Å²) in [5.74, 6) is 0. The van der Waals surface area contributed by atoms with Gasteiger partial charge in [-0.05, 0) is 22.8 Å². The lowest BCUT2D eigenvalue weighted by Gasteiger charge is -2.42. The second kappa shape index (κ2) is 7.76. The number of methoxy groups -OCH3 is 1. The first-order chi connectivity index (χ1) is 13.2. The standard InChI is InChI=1S/C21H25N3O3/c1-21(11-26-15-27-12-21)20(25-2)19(24-14-22-13-23-24)10-17-8-5-7-16-6-3-4-9-18(16)17/h3-9,13-14,19-20H,10-12,15H2,1-2H3. The molecule has 0 saturated carbocycles. The van der Waals surface area contributed by atoms with E-state index in [-0.39, 0.29) is 17.6 Å². The second-order valence-electron chi connectivity index (χ2n) is 7.41. The molecular weight excluding hydrogens is 342 g/mol. The Bertz CT molecular complexity index is 870. The summed E-state index contributed by atoms with van der Waals surface area (Å²) in [6.45, 7) is 3.66. The Morgan fingerprint density at radius 3 is 2.67 bits per heavy atom. The normalized spacial score (nSPS) is 19.0. The summed E-state index contributed by atoms with van der Waals surface area (Å²) in [6.07, 6.45) is 3.96. The molecule has 1 aliphatic rings. The zero-order chi connectivity index (χ0) is 18.7. The van der Waals surface area contributed by atoms with Crippen LogP contribution in [-0.2, 0) is 20.6 Å². The van der Waals surface area contributed by atoms with E-state index < -0.39 is 0 Å². The number of benzene rings is 2. The van der Waals surface area contributed by atoms with Crippen molar-refractivity contribution in [1.82, 2.24) is 14.8 Å². The summed E-state index contributed by atoms with van der Waals surface area (Å²) in [6, 6.07) is 14.8. The lowest BCUT2D eigenvalue weighted by atomic mass is 9.79. The van der Waals surface area contributed by atoms with E-state index in [1.54, 1.807) is 19.8 Å². The van der Waals surface area contributed by atoms with Crippen molar-refractivity contribution < 1.29 is 14.2 Å². The third-order valence-electron chi connectivity index (χ3n) is 5.41. The zero-order valence-corrected chi connectivity index (χ0v) is 15.7. The van der Waals surface area contributed by atoms with Gasteiger partial charge >= 0.3 is 0 Å². The molecule has 0 spiro atoms. The SMILES string of the molecule is COC(C(Cc1cccc2ccccc12)n1cncn1)C1(C)COCOC1. The van der Waals surface area contributed by atoms with Crippen LogP contribution in [0, 0.1) is 5.41 Å². The highest BCUT2D eigenvalue weighted by atomic mass is 16.7. The van der Waals surface area contributed by atoms with Gasteiger partial charge in [0.25, 0.3) is 0 Å². The summed E-state index contributed by atoms with van der Waals surface area (Å²) < 4.78 is 19.1. The zero-order valence-electron chi connectivity index (χ0n) is 15.7. The number of fused-ring (bicyclic) bond motifs is 1. The van der Waals surface area contributed by atoms with Gasteiger partial charge in [-0.2, -0.15) is 5.10 Å². The Balaban J connectivity index is 1.73. The predicted molar refractivity (Wildman–Crippen MR) is 102 cm³/mol. The van der Waals surface area contributed by atoms with Gasteiger partial charge in [-0.25, -0.2) is 9.67 Å². The van der Waals surface area contributed by atoms with Crippen LogP contribution in [0.1, 0.15) is 18.5 Å². The molecule has 6 nitrogen and oxygen atoms in total. The Hall–Kier alpha value is -2.28. The first-order valence-corrected chi connectivity index (χ1v) is 9.20. The third-order valence-corrected chi connectivity index (χ3v) is 5.41. The molecule has 2 unspecified atom stereocenters. The van der Waals surface area contributed by atoms with Gasteiger partial charge in [-0.1, -0.05) is 49.4 Å². The smallest absolute Gasteiger partial charge is 0.146 e. The molecule has 6 heteroatoms. The van der Waals surface area contributed by atoms with Gasteiger partial charge in [0, 0.05) is 12.5 Å². The molecule has 27 heavy (non-hydrogen) atoms. The van der Waals surface area contributed by atoms with Gasteiger partial charge in [-0.3, -0.25) is 0 Å². The van der Waals surface area contributed by atoms with Gasteiger partial charge in [0.1, 0.15) is 19.4 Å². The maximum Gasteiger partial charge on any atom is 0.146 e. The monoisotopic (exact) mass is 367 g/mol. The van der Waals surface area contributed by atoms with Crippen molar-refractivity contribution in [1.29, 1.82) is 0 Å². The molecule has 0 amide bonds. The van der Waals surface area contributed by atoms with E-state index >= 15 is 0 Å². The van der Waals surface area contributed by atoms with E-state index in [0.29, 0.717) is 20.0 Å². The fourth-order valence-corrected chi connectivity index (χ4v) is 4.14. The van der Waals surface area contributed by atoms with Crippen LogP contribution in [0.3, 0.4) is 0 Å². The van der Waals surface area contributed by atoms with Crippen molar-refractivity contribution in [2.24, 2.45) is 5.41 Å². The molecule has 2 heterocycles. The molecule has 4 rings (SSSR count). The van der Waals surface area contributed by atoms with Crippen molar-refractivity contribution in [3.63, 3.8) is 0 Å². The summed E-state index contributed by atoms with van der Waals surface area (Å²) in [7, 11) is 1.75. The Morgan fingerprint density at radius 1 is 1.15 bits per heavy atom. The molecular formula is C21H25N3O3. The van der Waals surface area contributed by atoms with Crippen molar-refractivity contribution in [3.05, 3.63) is 60.7 Å². The number of hydrogen-bond donors (Lipinski definition) is 0. The Kier molecular flexibility index (Phi) is 5.20. The Morgan fingerprint density at radius 2 is 1.93 bits per heavy atom. The molecule has 1 aliphatic heterocycles. The van der Waals surface area contributed by atoms with E-state index in [9.17, 15) is 0 Å². The molecule has 2 atom stereocenters. The second-order valence-corrected chi connectivity index (χ2v) is 7.41. The average molecular weight is 367 g/mol.